The third kappa shape index (κ3) is 3.27. The van der Waals surface area contributed by atoms with E-state index in [0.29, 0.717) is 16.4 Å². The zero-order chi connectivity index (χ0) is 16.2. The molecule has 23 heavy (non-hydrogen) atoms. The SMILES string of the molecule is COC(=O)c1ccc(-c2csc(NC(=O)c3ccno3)n2)cc1. The summed E-state index contributed by atoms with van der Waals surface area (Å²) in [4.78, 5) is 27.6. The molecule has 0 aliphatic heterocycles. The molecule has 0 aliphatic carbocycles. The van der Waals surface area contributed by atoms with Crippen LogP contribution in [0.25, 0.3) is 11.3 Å². The number of anilines is 1. The minimum Gasteiger partial charge on any atom is -0.465 e. The molecule has 0 bridgehead atoms. The molecule has 1 N–H and O–H groups in total. The number of esters is 1. The zero-order valence-electron chi connectivity index (χ0n) is 12.0. The van der Waals surface area contributed by atoms with Crippen molar-refractivity contribution in [2.24, 2.45) is 0 Å². The number of rotatable bonds is 4. The van der Waals surface area contributed by atoms with Crippen molar-refractivity contribution in [3.8, 4) is 11.3 Å². The van der Waals surface area contributed by atoms with E-state index in [1.165, 1.54) is 30.7 Å². The van der Waals surface area contributed by atoms with Gasteiger partial charge in [0, 0.05) is 17.0 Å². The maximum atomic E-state index is 11.8. The second kappa shape index (κ2) is 6.41. The zero-order valence-corrected chi connectivity index (χ0v) is 12.8. The molecule has 1 aromatic carbocycles. The normalized spacial score (nSPS) is 10.3. The highest BCUT2D eigenvalue weighted by Crippen LogP contribution is 2.25. The Morgan fingerprint density at radius 1 is 1.22 bits per heavy atom. The maximum Gasteiger partial charge on any atom is 0.337 e. The summed E-state index contributed by atoms with van der Waals surface area (Å²) in [5.74, 6) is -0.691. The fourth-order valence-corrected chi connectivity index (χ4v) is 2.57. The van der Waals surface area contributed by atoms with E-state index in [2.05, 4.69) is 20.2 Å². The van der Waals surface area contributed by atoms with E-state index >= 15 is 0 Å². The van der Waals surface area contributed by atoms with Crippen LogP contribution in [0.3, 0.4) is 0 Å². The highest BCUT2D eigenvalue weighted by Gasteiger charge is 2.13. The van der Waals surface area contributed by atoms with Gasteiger partial charge in [-0.05, 0) is 12.1 Å². The van der Waals surface area contributed by atoms with Crippen LogP contribution in [0.5, 0.6) is 0 Å². The maximum absolute atomic E-state index is 11.8. The summed E-state index contributed by atoms with van der Waals surface area (Å²) in [5, 5.41) is 8.36. The van der Waals surface area contributed by atoms with Crippen LogP contribution in [0.15, 0.2) is 46.4 Å². The van der Waals surface area contributed by atoms with Gasteiger partial charge in [0.15, 0.2) is 5.13 Å². The minimum absolute atomic E-state index is 0.115. The van der Waals surface area contributed by atoms with Crippen LogP contribution in [0.1, 0.15) is 20.9 Å². The van der Waals surface area contributed by atoms with Gasteiger partial charge < -0.3 is 9.26 Å². The van der Waals surface area contributed by atoms with Crippen LogP contribution in [-0.2, 0) is 4.74 Å². The lowest BCUT2D eigenvalue weighted by Crippen LogP contribution is -2.10. The Morgan fingerprint density at radius 2 is 2.00 bits per heavy atom. The van der Waals surface area contributed by atoms with Crippen molar-refractivity contribution in [1.29, 1.82) is 0 Å². The number of hydrogen-bond donors (Lipinski definition) is 1. The van der Waals surface area contributed by atoms with Gasteiger partial charge in [0.2, 0.25) is 5.76 Å². The Hall–Kier alpha value is -3.00. The summed E-state index contributed by atoms with van der Waals surface area (Å²) in [6.07, 6.45) is 1.39. The Labute approximate surface area is 134 Å². The van der Waals surface area contributed by atoms with Crippen molar-refractivity contribution in [1.82, 2.24) is 10.1 Å². The summed E-state index contributed by atoms with van der Waals surface area (Å²) in [6, 6.07) is 8.32. The quantitative estimate of drug-likeness (QED) is 0.740. The second-order valence-electron chi connectivity index (χ2n) is 4.44. The molecule has 0 unspecified atom stereocenters. The second-order valence-corrected chi connectivity index (χ2v) is 5.30. The van der Waals surface area contributed by atoms with Crippen molar-refractivity contribution in [3.05, 3.63) is 53.2 Å². The van der Waals surface area contributed by atoms with Crippen molar-refractivity contribution in [2.75, 3.05) is 12.4 Å². The van der Waals surface area contributed by atoms with Crippen LogP contribution < -0.4 is 5.32 Å². The van der Waals surface area contributed by atoms with E-state index in [9.17, 15) is 9.59 Å². The molecule has 0 saturated heterocycles. The Balaban J connectivity index is 1.74. The van der Waals surface area contributed by atoms with E-state index in [4.69, 9.17) is 4.52 Å². The van der Waals surface area contributed by atoms with Gasteiger partial charge in [0.25, 0.3) is 5.91 Å². The predicted molar refractivity (Wildman–Crippen MR) is 83.3 cm³/mol. The Kier molecular flexibility index (Phi) is 4.15. The van der Waals surface area contributed by atoms with Gasteiger partial charge in [-0.15, -0.1) is 11.3 Å². The number of thiazole rings is 1. The molecular formula is C15H11N3O4S. The number of hydrogen-bond acceptors (Lipinski definition) is 7. The molecule has 2 aromatic heterocycles. The largest absolute Gasteiger partial charge is 0.465 e. The van der Waals surface area contributed by atoms with Gasteiger partial charge in [-0.2, -0.15) is 0 Å². The standard InChI is InChI=1S/C15H11N3O4S/c1-21-14(20)10-4-2-9(3-5-10)11-8-23-15(17-11)18-13(19)12-6-7-16-22-12/h2-8H,1H3,(H,17,18,19). The third-order valence-electron chi connectivity index (χ3n) is 2.99. The number of carbonyl (C=O) groups excluding carboxylic acids is 2. The number of methoxy groups -OCH3 is 1. The van der Waals surface area contributed by atoms with Crippen molar-refractivity contribution >= 4 is 28.3 Å². The molecule has 0 radical (unpaired) electrons. The molecule has 0 atom stereocenters. The van der Waals surface area contributed by atoms with E-state index in [0.717, 1.165) is 5.56 Å². The van der Waals surface area contributed by atoms with E-state index in [1.807, 2.05) is 5.38 Å². The van der Waals surface area contributed by atoms with Gasteiger partial charge in [0.05, 0.1) is 24.6 Å². The molecule has 1 amide bonds. The molecule has 8 heteroatoms. The minimum atomic E-state index is -0.413. The summed E-state index contributed by atoms with van der Waals surface area (Å²) in [7, 11) is 1.33. The van der Waals surface area contributed by atoms with Gasteiger partial charge in [-0.1, -0.05) is 17.3 Å². The first-order chi connectivity index (χ1) is 11.2. The smallest absolute Gasteiger partial charge is 0.337 e. The van der Waals surface area contributed by atoms with Crippen molar-refractivity contribution in [3.63, 3.8) is 0 Å². The summed E-state index contributed by atoms with van der Waals surface area (Å²) in [6.45, 7) is 0. The Bertz CT molecular complexity index is 825. The fraction of sp³-hybridized carbons (Fsp3) is 0.0667. The van der Waals surface area contributed by atoms with Gasteiger partial charge >= 0.3 is 5.97 Å². The van der Waals surface area contributed by atoms with E-state index < -0.39 is 11.9 Å². The summed E-state index contributed by atoms with van der Waals surface area (Å²) < 4.78 is 9.43. The highest BCUT2D eigenvalue weighted by atomic mass is 32.1. The topological polar surface area (TPSA) is 94.3 Å². The number of aromatic nitrogens is 2. The first-order valence-corrected chi connectivity index (χ1v) is 7.41. The van der Waals surface area contributed by atoms with Gasteiger partial charge in [-0.3, -0.25) is 10.1 Å². The number of nitrogens with zero attached hydrogens (tertiary/aromatic N) is 2. The third-order valence-corrected chi connectivity index (χ3v) is 3.75. The Morgan fingerprint density at radius 3 is 2.65 bits per heavy atom. The monoisotopic (exact) mass is 329 g/mol. The van der Waals surface area contributed by atoms with Crippen LogP contribution in [0, 0.1) is 0 Å². The lowest BCUT2D eigenvalue weighted by Gasteiger charge is -2.00. The number of ether oxygens (including phenoxy) is 1. The first kappa shape index (κ1) is 14.9. The van der Waals surface area contributed by atoms with Crippen LogP contribution in [-0.4, -0.2) is 29.1 Å². The molecule has 3 rings (SSSR count). The highest BCUT2D eigenvalue weighted by molar-refractivity contribution is 7.14. The molecule has 2 heterocycles. The van der Waals surface area contributed by atoms with Crippen LogP contribution >= 0.6 is 11.3 Å². The molecule has 116 valence electrons. The summed E-state index contributed by atoms with van der Waals surface area (Å²) >= 11 is 1.29. The van der Waals surface area contributed by atoms with Crippen molar-refractivity contribution < 1.29 is 18.8 Å². The molecule has 3 aromatic rings. The number of benzene rings is 1. The first-order valence-electron chi connectivity index (χ1n) is 6.53. The predicted octanol–water partition coefficient (Wildman–Crippen LogP) is 2.84. The molecular weight excluding hydrogens is 318 g/mol. The molecule has 0 fully saturated rings. The number of amides is 1. The average Bonchev–Trinajstić information content (AvgIpc) is 3.26. The molecule has 0 saturated carbocycles. The molecule has 0 spiro atoms. The molecule has 7 nitrogen and oxygen atoms in total. The van der Waals surface area contributed by atoms with E-state index in [1.54, 1.807) is 24.3 Å². The molecule has 0 aliphatic rings. The summed E-state index contributed by atoms with van der Waals surface area (Å²) in [5.41, 5.74) is 1.98. The number of carbonyl (C=O) groups is 2. The van der Waals surface area contributed by atoms with Gasteiger partial charge in [-0.25, -0.2) is 9.78 Å². The fourth-order valence-electron chi connectivity index (χ4n) is 1.85. The average molecular weight is 329 g/mol. The van der Waals surface area contributed by atoms with Gasteiger partial charge in [0.1, 0.15) is 0 Å². The lowest BCUT2D eigenvalue weighted by atomic mass is 10.1. The van der Waals surface area contributed by atoms with Crippen LogP contribution in [0.4, 0.5) is 5.13 Å². The van der Waals surface area contributed by atoms with Crippen molar-refractivity contribution in [2.45, 2.75) is 0 Å². The lowest BCUT2D eigenvalue weighted by molar-refractivity contribution is 0.0600. The van der Waals surface area contributed by atoms with E-state index in [-0.39, 0.29) is 5.76 Å². The van der Waals surface area contributed by atoms with Crippen LogP contribution in [0.2, 0.25) is 0 Å². The number of nitrogens with one attached hydrogen (secondary N) is 1.